The molecule has 0 bridgehead atoms. The van der Waals surface area contributed by atoms with E-state index in [0.717, 1.165) is 0 Å². The molecule has 0 saturated carbocycles. The molecule has 0 fully saturated rings. The highest BCUT2D eigenvalue weighted by Crippen LogP contribution is 2.24. The van der Waals surface area contributed by atoms with Crippen molar-refractivity contribution >= 4 is 23.2 Å². The van der Waals surface area contributed by atoms with Gasteiger partial charge in [0.1, 0.15) is 5.82 Å². The number of carbonyl (C=O) groups excluding carboxylic acids is 1. The predicted octanol–water partition coefficient (Wildman–Crippen LogP) is 1.92. The molecule has 0 unspecified atom stereocenters. The topological polar surface area (TPSA) is 75.0 Å². The van der Waals surface area contributed by atoms with Gasteiger partial charge in [-0.3, -0.25) is 4.79 Å². The summed E-state index contributed by atoms with van der Waals surface area (Å²) >= 11 is 6.02. The van der Waals surface area contributed by atoms with Crippen LogP contribution in [0.3, 0.4) is 0 Å². The average Bonchev–Trinajstić information content (AvgIpc) is 2.84. The van der Waals surface area contributed by atoms with Gasteiger partial charge in [-0.25, -0.2) is 4.98 Å². The zero-order chi connectivity index (χ0) is 13.1. The zero-order valence-electron chi connectivity index (χ0n) is 9.85. The third-order valence-corrected chi connectivity index (χ3v) is 2.97. The zero-order valence-corrected chi connectivity index (χ0v) is 10.6. The van der Waals surface area contributed by atoms with E-state index in [1.54, 1.807) is 37.6 Å². The van der Waals surface area contributed by atoms with Gasteiger partial charge >= 0.3 is 0 Å². The lowest BCUT2D eigenvalue weighted by Gasteiger charge is -2.17. The van der Waals surface area contributed by atoms with Crippen molar-refractivity contribution in [2.45, 2.75) is 6.54 Å². The van der Waals surface area contributed by atoms with Crippen LogP contribution in [0, 0.1) is 0 Å². The highest BCUT2D eigenvalue weighted by Gasteiger charge is 2.17. The number of carbonyl (C=O) groups is 1. The Hall–Kier alpha value is -2.01. The van der Waals surface area contributed by atoms with Gasteiger partial charge in [0, 0.05) is 19.4 Å². The number of hydrogen-bond acceptors (Lipinski definition) is 3. The molecule has 1 heterocycles. The summed E-state index contributed by atoms with van der Waals surface area (Å²) in [6.07, 6.45) is 3.35. The Bertz CT molecular complexity index is 553. The fourth-order valence-electron chi connectivity index (χ4n) is 1.60. The predicted molar refractivity (Wildman–Crippen MR) is 70.2 cm³/mol. The quantitative estimate of drug-likeness (QED) is 0.832. The summed E-state index contributed by atoms with van der Waals surface area (Å²) in [5.41, 5.74) is 6.46. The summed E-state index contributed by atoms with van der Waals surface area (Å²) in [7, 11) is 1.68. The molecular weight excluding hydrogens is 252 g/mol. The lowest BCUT2D eigenvalue weighted by molar-refractivity contribution is 0.0782. The van der Waals surface area contributed by atoms with Crippen LogP contribution in [0.15, 0.2) is 30.6 Å². The number of nitrogens with two attached hydrogens (primary N) is 1. The number of nitrogen functional groups attached to an aromatic ring is 1. The number of hydrogen-bond donors (Lipinski definition) is 2. The molecule has 2 aromatic rings. The number of aromatic nitrogens is 2. The molecule has 0 spiro atoms. The molecular formula is C12H13ClN4O. The minimum absolute atomic E-state index is 0.191. The number of nitrogens with zero attached hydrogens (tertiary/aromatic N) is 2. The molecule has 2 rings (SSSR count). The molecule has 0 aliphatic heterocycles. The van der Waals surface area contributed by atoms with Crippen molar-refractivity contribution in [1.82, 2.24) is 14.9 Å². The summed E-state index contributed by atoms with van der Waals surface area (Å²) in [6, 6.07) is 5.01. The van der Waals surface area contributed by atoms with E-state index in [2.05, 4.69) is 9.97 Å². The molecule has 6 heteroatoms. The maximum absolute atomic E-state index is 12.2. The Morgan fingerprint density at radius 3 is 3.00 bits per heavy atom. The van der Waals surface area contributed by atoms with Crippen LogP contribution < -0.4 is 5.73 Å². The van der Waals surface area contributed by atoms with Crippen molar-refractivity contribution in [3.8, 4) is 0 Å². The fraction of sp³-hybridized carbons (Fsp3) is 0.167. The van der Waals surface area contributed by atoms with Crippen LogP contribution in [0.4, 0.5) is 5.69 Å². The Labute approximate surface area is 110 Å². The lowest BCUT2D eigenvalue weighted by Crippen LogP contribution is -2.27. The van der Waals surface area contributed by atoms with Crippen LogP contribution in [0.1, 0.15) is 16.2 Å². The number of H-pyrrole nitrogens is 1. The largest absolute Gasteiger partial charge is 0.398 e. The Morgan fingerprint density at radius 1 is 1.56 bits per heavy atom. The van der Waals surface area contributed by atoms with E-state index in [1.807, 2.05) is 0 Å². The van der Waals surface area contributed by atoms with E-state index in [4.69, 9.17) is 17.3 Å². The van der Waals surface area contributed by atoms with Crippen LogP contribution in [-0.4, -0.2) is 27.8 Å². The Kier molecular flexibility index (Phi) is 3.53. The second-order valence-electron chi connectivity index (χ2n) is 3.91. The molecule has 0 atom stereocenters. The van der Waals surface area contributed by atoms with E-state index < -0.39 is 0 Å². The maximum atomic E-state index is 12.2. The van der Waals surface area contributed by atoms with Gasteiger partial charge in [0.05, 0.1) is 22.8 Å². The summed E-state index contributed by atoms with van der Waals surface area (Å²) in [6.45, 7) is 0.386. The molecule has 94 valence electrons. The smallest absolute Gasteiger partial charge is 0.255 e. The van der Waals surface area contributed by atoms with Gasteiger partial charge < -0.3 is 15.6 Å². The van der Waals surface area contributed by atoms with Crippen molar-refractivity contribution in [3.63, 3.8) is 0 Å². The van der Waals surface area contributed by atoms with Crippen molar-refractivity contribution in [2.75, 3.05) is 12.8 Å². The van der Waals surface area contributed by atoms with Crippen LogP contribution in [-0.2, 0) is 6.54 Å². The standard InChI is InChI=1S/C12H13ClN4O/c1-17(7-10-15-5-6-16-10)12(18)8-3-2-4-9(14)11(8)13/h2-6H,7,14H2,1H3,(H,15,16). The highest BCUT2D eigenvalue weighted by molar-refractivity contribution is 6.36. The first kappa shape index (κ1) is 12.4. The van der Waals surface area contributed by atoms with Crippen molar-refractivity contribution in [1.29, 1.82) is 0 Å². The first-order valence-electron chi connectivity index (χ1n) is 5.37. The van der Waals surface area contributed by atoms with E-state index >= 15 is 0 Å². The van der Waals surface area contributed by atoms with Gasteiger partial charge in [0.2, 0.25) is 0 Å². The van der Waals surface area contributed by atoms with Gasteiger partial charge in [0.15, 0.2) is 0 Å². The van der Waals surface area contributed by atoms with Crippen LogP contribution in [0.25, 0.3) is 0 Å². The third-order valence-electron chi connectivity index (χ3n) is 2.55. The van der Waals surface area contributed by atoms with E-state index in [9.17, 15) is 4.79 Å². The molecule has 0 aliphatic rings. The summed E-state index contributed by atoms with van der Waals surface area (Å²) < 4.78 is 0. The molecule has 3 N–H and O–H groups in total. The van der Waals surface area contributed by atoms with E-state index in [0.29, 0.717) is 23.6 Å². The van der Waals surface area contributed by atoms with Crippen LogP contribution in [0.5, 0.6) is 0 Å². The number of anilines is 1. The third kappa shape index (κ3) is 2.46. The minimum atomic E-state index is -0.191. The molecule has 18 heavy (non-hydrogen) atoms. The summed E-state index contributed by atoms with van der Waals surface area (Å²) in [5.74, 6) is 0.523. The molecule has 1 aromatic heterocycles. The number of rotatable bonds is 3. The molecule has 5 nitrogen and oxygen atoms in total. The molecule has 0 radical (unpaired) electrons. The van der Waals surface area contributed by atoms with Crippen molar-refractivity contribution < 1.29 is 4.79 Å². The normalized spacial score (nSPS) is 10.3. The molecule has 1 amide bonds. The number of benzene rings is 1. The second-order valence-corrected chi connectivity index (χ2v) is 4.28. The number of aromatic amines is 1. The van der Waals surface area contributed by atoms with Gasteiger partial charge in [0.25, 0.3) is 5.91 Å². The summed E-state index contributed by atoms with van der Waals surface area (Å²) in [4.78, 5) is 20.7. The van der Waals surface area contributed by atoms with E-state index in [-0.39, 0.29) is 10.9 Å². The molecule has 0 aliphatic carbocycles. The van der Waals surface area contributed by atoms with Gasteiger partial charge in [-0.2, -0.15) is 0 Å². The van der Waals surface area contributed by atoms with Crippen molar-refractivity contribution in [3.05, 3.63) is 47.0 Å². The summed E-state index contributed by atoms with van der Waals surface area (Å²) in [5, 5.41) is 0.286. The lowest BCUT2D eigenvalue weighted by atomic mass is 10.2. The molecule has 1 aromatic carbocycles. The van der Waals surface area contributed by atoms with Gasteiger partial charge in [-0.1, -0.05) is 17.7 Å². The van der Waals surface area contributed by atoms with Gasteiger partial charge in [-0.15, -0.1) is 0 Å². The first-order chi connectivity index (χ1) is 8.59. The monoisotopic (exact) mass is 264 g/mol. The average molecular weight is 265 g/mol. The van der Waals surface area contributed by atoms with Crippen LogP contribution >= 0.6 is 11.6 Å². The van der Waals surface area contributed by atoms with E-state index in [1.165, 1.54) is 4.90 Å². The number of nitrogens with one attached hydrogen (secondary N) is 1. The highest BCUT2D eigenvalue weighted by atomic mass is 35.5. The van der Waals surface area contributed by atoms with Crippen molar-refractivity contribution in [2.24, 2.45) is 0 Å². The van der Waals surface area contributed by atoms with Gasteiger partial charge in [-0.05, 0) is 12.1 Å². The number of amides is 1. The number of imidazole rings is 1. The number of halogens is 1. The second kappa shape index (κ2) is 5.10. The molecule has 0 saturated heterocycles. The Morgan fingerprint density at radius 2 is 2.33 bits per heavy atom. The Balaban J connectivity index is 2.18. The first-order valence-corrected chi connectivity index (χ1v) is 5.75. The minimum Gasteiger partial charge on any atom is -0.398 e. The SMILES string of the molecule is CN(Cc1ncc[nH]1)C(=O)c1cccc(N)c1Cl. The van der Waals surface area contributed by atoms with Crippen LogP contribution in [0.2, 0.25) is 5.02 Å². The fourth-order valence-corrected chi connectivity index (χ4v) is 1.81. The maximum Gasteiger partial charge on any atom is 0.255 e.